The van der Waals surface area contributed by atoms with E-state index in [4.69, 9.17) is 9.47 Å². The van der Waals surface area contributed by atoms with E-state index in [9.17, 15) is 0 Å². The maximum Gasteiger partial charge on any atom is 0.127 e. The van der Waals surface area contributed by atoms with E-state index in [0.717, 1.165) is 30.4 Å². The van der Waals surface area contributed by atoms with Gasteiger partial charge in [-0.2, -0.15) is 0 Å². The molecule has 0 aromatic heterocycles. The van der Waals surface area contributed by atoms with Gasteiger partial charge >= 0.3 is 0 Å². The van der Waals surface area contributed by atoms with Crippen LogP contribution in [0.2, 0.25) is 0 Å². The topological polar surface area (TPSA) is 30.5 Å². The number of hydrogen-bond acceptors (Lipinski definition) is 3. The van der Waals surface area contributed by atoms with Crippen molar-refractivity contribution in [3.05, 3.63) is 23.8 Å². The van der Waals surface area contributed by atoms with E-state index in [0.29, 0.717) is 12.0 Å². The highest BCUT2D eigenvalue weighted by Gasteiger charge is 2.31. The Bertz CT molecular complexity index is 447. The van der Waals surface area contributed by atoms with Gasteiger partial charge in [-0.25, -0.2) is 0 Å². The minimum absolute atomic E-state index is 0.385. The van der Waals surface area contributed by atoms with E-state index in [1.165, 1.54) is 24.8 Å². The number of nitrogens with one attached hydrogen (secondary N) is 1. The highest BCUT2D eigenvalue weighted by molar-refractivity contribution is 5.43. The smallest absolute Gasteiger partial charge is 0.127 e. The second kappa shape index (κ2) is 7.69. The predicted octanol–water partition coefficient (Wildman–Crippen LogP) is 4.18. The molecular formula is C18H29NO2. The molecule has 1 N–H and O–H groups in total. The SMILES string of the molecule is CCCNC(c1ccc(OC)cc1OC)C1CCC(C)C1. The zero-order valence-corrected chi connectivity index (χ0v) is 13.8. The highest BCUT2D eigenvalue weighted by Crippen LogP contribution is 2.42. The maximum absolute atomic E-state index is 5.62. The summed E-state index contributed by atoms with van der Waals surface area (Å²) in [7, 11) is 3.44. The standard InChI is InChI=1S/C18H29NO2/c1-5-10-19-18(14-7-6-13(2)11-14)16-9-8-15(20-3)12-17(16)21-4/h8-9,12-14,18-19H,5-7,10-11H2,1-4H3. The van der Waals surface area contributed by atoms with Gasteiger partial charge < -0.3 is 14.8 Å². The summed E-state index contributed by atoms with van der Waals surface area (Å²) in [5.41, 5.74) is 1.27. The van der Waals surface area contributed by atoms with Crippen molar-refractivity contribution in [1.29, 1.82) is 0 Å². The zero-order chi connectivity index (χ0) is 15.2. The molecule has 1 aromatic carbocycles. The van der Waals surface area contributed by atoms with Crippen molar-refractivity contribution in [1.82, 2.24) is 5.32 Å². The van der Waals surface area contributed by atoms with Gasteiger partial charge in [0.2, 0.25) is 0 Å². The van der Waals surface area contributed by atoms with Crippen LogP contribution in [0.25, 0.3) is 0 Å². The largest absolute Gasteiger partial charge is 0.497 e. The molecule has 1 saturated carbocycles. The number of methoxy groups -OCH3 is 2. The van der Waals surface area contributed by atoms with Gasteiger partial charge in [0.25, 0.3) is 0 Å². The van der Waals surface area contributed by atoms with Crippen LogP contribution in [0.15, 0.2) is 18.2 Å². The summed E-state index contributed by atoms with van der Waals surface area (Å²) in [6.07, 6.45) is 5.10. The Balaban J connectivity index is 2.26. The Labute approximate surface area is 129 Å². The molecule has 1 aliphatic rings. The summed E-state index contributed by atoms with van der Waals surface area (Å²) in [5.74, 6) is 3.33. The van der Waals surface area contributed by atoms with Crippen molar-refractivity contribution in [3.8, 4) is 11.5 Å². The van der Waals surface area contributed by atoms with Crippen LogP contribution in [0, 0.1) is 11.8 Å². The number of hydrogen-bond donors (Lipinski definition) is 1. The molecule has 2 rings (SSSR count). The molecular weight excluding hydrogens is 262 g/mol. The van der Waals surface area contributed by atoms with E-state index >= 15 is 0 Å². The lowest BCUT2D eigenvalue weighted by atomic mass is 9.90. The van der Waals surface area contributed by atoms with Gasteiger partial charge in [0.1, 0.15) is 11.5 Å². The van der Waals surface area contributed by atoms with Crippen molar-refractivity contribution >= 4 is 0 Å². The third-order valence-corrected chi connectivity index (χ3v) is 4.60. The monoisotopic (exact) mass is 291 g/mol. The van der Waals surface area contributed by atoms with Gasteiger partial charge in [0, 0.05) is 17.7 Å². The Morgan fingerprint density at radius 3 is 2.62 bits per heavy atom. The molecule has 0 amide bonds. The van der Waals surface area contributed by atoms with Crippen LogP contribution in [-0.4, -0.2) is 20.8 Å². The second-order valence-electron chi connectivity index (χ2n) is 6.22. The summed E-state index contributed by atoms with van der Waals surface area (Å²) in [6.45, 7) is 5.62. The third kappa shape index (κ3) is 3.91. The molecule has 1 aromatic rings. The Kier molecular flexibility index (Phi) is 5.92. The van der Waals surface area contributed by atoms with Crippen molar-refractivity contribution in [2.45, 2.75) is 45.6 Å². The molecule has 3 atom stereocenters. The molecule has 1 aliphatic carbocycles. The first kappa shape index (κ1) is 16.2. The second-order valence-corrected chi connectivity index (χ2v) is 6.22. The van der Waals surface area contributed by atoms with Crippen molar-refractivity contribution in [2.75, 3.05) is 20.8 Å². The number of rotatable bonds is 7. The lowest BCUT2D eigenvalue weighted by Gasteiger charge is -2.27. The molecule has 0 bridgehead atoms. The molecule has 21 heavy (non-hydrogen) atoms. The molecule has 3 unspecified atom stereocenters. The van der Waals surface area contributed by atoms with Crippen LogP contribution in [0.1, 0.15) is 51.1 Å². The molecule has 0 saturated heterocycles. The first-order valence-electron chi connectivity index (χ1n) is 8.14. The summed E-state index contributed by atoms with van der Waals surface area (Å²) in [5, 5.41) is 3.74. The van der Waals surface area contributed by atoms with E-state index in [2.05, 4.69) is 25.2 Å². The fraction of sp³-hybridized carbons (Fsp3) is 0.667. The average Bonchev–Trinajstić information content (AvgIpc) is 2.94. The van der Waals surface area contributed by atoms with E-state index < -0.39 is 0 Å². The molecule has 3 heteroatoms. The number of benzene rings is 1. The van der Waals surface area contributed by atoms with Gasteiger partial charge in [-0.3, -0.25) is 0 Å². The summed E-state index contributed by atoms with van der Waals surface area (Å²) >= 11 is 0. The average molecular weight is 291 g/mol. The van der Waals surface area contributed by atoms with Crippen LogP contribution >= 0.6 is 0 Å². The summed E-state index contributed by atoms with van der Waals surface area (Å²) in [6, 6.07) is 6.58. The normalized spacial score (nSPS) is 23.0. The van der Waals surface area contributed by atoms with Crippen LogP contribution in [-0.2, 0) is 0 Å². The molecule has 0 heterocycles. The van der Waals surface area contributed by atoms with Gasteiger partial charge in [0.15, 0.2) is 0 Å². The zero-order valence-electron chi connectivity index (χ0n) is 13.8. The number of ether oxygens (including phenoxy) is 2. The highest BCUT2D eigenvalue weighted by atomic mass is 16.5. The fourth-order valence-corrected chi connectivity index (χ4v) is 3.46. The third-order valence-electron chi connectivity index (χ3n) is 4.60. The first-order valence-corrected chi connectivity index (χ1v) is 8.14. The molecule has 118 valence electrons. The Morgan fingerprint density at radius 2 is 2.05 bits per heavy atom. The van der Waals surface area contributed by atoms with E-state index in [1.807, 2.05) is 12.1 Å². The van der Waals surface area contributed by atoms with Crippen LogP contribution in [0.3, 0.4) is 0 Å². The fourth-order valence-electron chi connectivity index (χ4n) is 3.46. The minimum Gasteiger partial charge on any atom is -0.497 e. The van der Waals surface area contributed by atoms with E-state index in [-0.39, 0.29) is 0 Å². The quantitative estimate of drug-likeness (QED) is 0.817. The lowest BCUT2D eigenvalue weighted by Crippen LogP contribution is -2.28. The molecule has 0 spiro atoms. The molecule has 0 radical (unpaired) electrons. The van der Waals surface area contributed by atoms with Crippen LogP contribution in [0.5, 0.6) is 11.5 Å². The van der Waals surface area contributed by atoms with Gasteiger partial charge in [0.05, 0.1) is 14.2 Å². The molecule has 3 nitrogen and oxygen atoms in total. The predicted molar refractivity (Wildman–Crippen MR) is 87.1 cm³/mol. The van der Waals surface area contributed by atoms with Crippen molar-refractivity contribution in [2.24, 2.45) is 11.8 Å². The van der Waals surface area contributed by atoms with Crippen LogP contribution < -0.4 is 14.8 Å². The van der Waals surface area contributed by atoms with Gasteiger partial charge in [-0.15, -0.1) is 0 Å². The van der Waals surface area contributed by atoms with Gasteiger partial charge in [-0.05, 0) is 43.7 Å². The molecule has 0 aliphatic heterocycles. The Hall–Kier alpha value is -1.22. The van der Waals surface area contributed by atoms with Gasteiger partial charge in [-0.1, -0.05) is 26.3 Å². The van der Waals surface area contributed by atoms with E-state index in [1.54, 1.807) is 14.2 Å². The lowest BCUT2D eigenvalue weighted by molar-refractivity contribution is 0.336. The summed E-state index contributed by atoms with van der Waals surface area (Å²) in [4.78, 5) is 0. The summed E-state index contributed by atoms with van der Waals surface area (Å²) < 4.78 is 10.9. The minimum atomic E-state index is 0.385. The van der Waals surface area contributed by atoms with Crippen LogP contribution in [0.4, 0.5) is 0 Å². The Morgan fingerprint density at radius 1 is 1.24 bits per heavy atom. The maximum atomic E-state index is 5.62. The first-order chi connectivity index (χ1) is 10.2. The van der Waals surface area contributed by atoms with Crippen molar-refractivity contribution < 1.29 is 9.47 Å². The van der Waals surface area contributed by atoms with Crippen molar-refractivity contribution in [3.63, 3.8) is 0 Å². The molecule has 1 fully saturated rings.